The number of anilines is 1. The van der Waals surface area contributed by atoms with E-state index in [9.17, 15) is 22.8 Å². The van der Waals surface area contributed by atoms with Gasteiger partial charge in [-0.05, 0) is 37.3 Å². The van der Waals surface area contributed by atoms with Crippen molar-refractivity contribution in [3.8, 4) is 5.75 Å². The van der Waals surface area contributed by atoms with Gasteiger partial charge in [0, 0.05) is 5.02 Å². The Labute approximate surface area is 151 Å². The second-order valence-electron chi connectivity index (χ2n) is 5.09. The van der Waals surface area contributed by atoms with E-state index in [1.54, 1.807) is 18.2 Å². The van der Waals surface area contributed by atoms with Crippen molar-refractivity contribution in [1.82, 2.24) is 0 Å². The number of amides is 1. The molecular weight excluding hydrogens is 375 g/mol. The average molecular weight is 388 g/mol. The fraction of sp³-hybridized carbons (Fsp3) is 0.176. The number of nitrogens with one attached hydrogen (secondary N) is 1. The van der Waals surface area contributed by atoms with Crippen molar-refractivity contribution in [1.29, 1.82) is 0 Å². The Morgan fingerprint density at radius 3 is 2.58 bits per heavy atom. The van der Waals surface area contributed by atoms with Crippen LogP contribution in [0.15, 0.2) is 36.4 Å². The van der Waals surface area contributed by atoms with Crippen molar-refractivity contribution in [3.63, 3.8) is 0 Å². The molecule has 1 N–H and O–H groups in total. The van der Waals surface area contributed by atoms with Crippen molar-refractivity contribution in [3.05, 3.63) is 58.9 Å². The van der Waals surface area contributed by atoms with Crippen molar-refractivity contribution < 1.29 is 32.2 Å². The lowest BCUT2D eigenvalue weighted by molar-refractivity contribution is -0.155. The van der Waals surface area contributed by atoms with Crippen LogP contribution in [0.1, 0.15) is 6.92 Å². The first-order valence-electron chi connectivity index (χ1n) is 7.30. The summed E-state index contributed by atoms with van der Waals surface area (Å²) in [6, 6.07) is 7.80. The maximum Gasteiger partial charge on any atom is 0.344 e. The molecule has 0 aliphatic carbocycles. The summed E-state index contributed by atoms with van der Waals surface area (Å²) < 4.78 is 49.5. The molecule has 0 heterocycles. The van der Waals surface area contributed by atoms with Gasteiger partial charge in [0.1, 0.15) is 5.75 Å². The quantitative estimate of drug-likeness (QED) is 0.606. The van der Waals surface area contributed by atoms with Gasteiger partial charge in [-0.15, -0.1) is 0 Å². The lowest BCUT2D eigenvalue weighted by atomic mass is 10.2. The normalized spacial score (nSPS) is 11.6. The van der Waals surface area contributed by atoms with E-state index in [4.69, 9.17) is 21.1 Å². The second-order valence-corrected chi connectivity index (χ2v) is 5.53. The highest BCUT2D eigenvalue weighted by molar-refractivity contribution is 6.30. The van der Waals surface area contributed by atoms with Crippen molar-refractivity contribution in [2.75, 3.05) is 11.9 Å². The summed E-state index contributed by atoms with van der Waals surface area (Å²) in [5, 5.41) is 2.42. The fourth-order valence-electron chi connectivity index (χ4n) is 1.84. The number of carbonyl (C=O) groups excluding carboxylic acids is 2. The molecule has 1 amide bonds. The van der Waals surface area contributed by atoms with Crippen LogP contribution in [0.25, 0.3) is 0 Å². The Kier molecular flexibility index (Phi) is 6.46. The van der Waals surface area contributed by atoms with Gasteiger partial charge in [0.05, 0.1) is 5.69 Å². The Balaban J connectivity index is 1.88. The van der Waals surface area contributed by atoms with E-state index in [0.29, 0.717) is 16.8 Å². The number of hydrogen-bond donors (Lipinski definition) is 1. The molecule has 2 rings (SSSR count). The molecule has 5 nitrogen and oxygen atoms in total. The van der Waals surface area contributed by atoms with Crippen LogP contribution in [0.3, 0.4) is 0 Å². The summed E-state index contributed by atoms with van der Waals surface area (Å²) in [5.74, 6) is -6.12. The molecule has 0 spiro atoms. The molecule has 0 aromatic heterocycles. The third-order valence-electron chi connectivity index (χ3n) is 3.12. The summed E-state index contributed by atoms with van der Waals surface area (Å²) in [6.07, 6.45) is -1.32. The van der Waals surface area contributed by atoms with Crippen molar-refractivity contribution >= 4 is 29.2 Å². The van der Waals surface area contributed by atoms with E-state index in [-0.39, 0.29) is 0 Å². The molecule has 1 atom stereocenters. The maximum absolute atomic E-state index is 13.5. The van der Waals surface area contributed by atoms with E-state index in [2.05, 4.69) is 0 Å². The molecule has 1 unspecified atom stereocenters. The largest absolute Gasteiger partial charge is 0.482 e. The SMILES string of the molecule is CC(OC(=O)COc1cccc(Cl)c1)C(=O)Nc1ccc(F)c(F)c1F. The van der Waals surface area contributed by atoms with Gasteiger partial charge < -0.3 is 14.8 Å². The number of carbonyl (C=O) groups is 2. The average Bonchev–Trinajstić information content (AvgIpc) is 2.60. The third-order valence-corrected chi connectivity index (χ3v) is 3.36. The van der Waals surface area contributed by atoms with Crippen LogP contribution < -0.4 is 10.1 Å². The van der Waals surface area contributed by atoms with Crippen molar-refractivity contribution in [2.24, 2.45) is 0 Å². The van der Waals surface area contributed by atoms with Gasteiger partial charge in [-0.3, -0.25) is 4.79 Å². The van der Waals surface area contributed by atoms with Gasteiger partial charge in [0.15, 0.2) is 30.2 Å². The standard InChI is InChI=1S/C17H13ClF3NO4/c1-9(17(24)22-13-6-5-12(19)15(20)16(13)21)26-14(23)8-25-11-4-2-3-10(18)7-11/h2-7,9H,8H2,1H3,(H,22,24). The first-order chi connectivity index (χ1) is 12.3. The minimum atomic E-state index is -1.72. The zero-order valence-electron chi connectivity index (χ0n) is 13.4. The molecule has 0 fully saturated rings. The van der Waals surface area contributed by atoms with Crippen LogP contribution >= 0.6 is 11.6 Å². The smallest absolute Gasteiger partial charge is 0.344 e. The number of esters is 1. The molecule has 0 bridgehead atoms. The molecule has 9 heteroatoms. The molecule has 0 aliphatic heterocycles. The fourth-order valence-corrected chi connectivity index (χ4v) is 2.02. The van der Waals surface area contributed by atoms with Gasteiger partial charge in [0.25, 0.3) is 5.91 Å². The first kappa shape index (κ1) is 19.6. The van der Waals surface area contributed by atoms with Gasteiger partial charge in [-0.2, -0.15) is 0 Å². The summed E-state index contributed by atoms with van der Waals surface area (Å²) in [5.41, 5.74) is -0.577. The molecule has 0 saturated carbocycles. The molecule has 26 heavy (non-hydrogen) atoms. The summed E-state index contributed by atoms with van der Waals surface area (Å²) in [6.45, 7) is 0.738. The summed E-state index contributed by atoms with van der Waals surface area (Å²) >= 11 is 5.77. The van der Waals surface area contributed by atoms with Gasteiger partial charge in [-0.1, -0.05) is 17.7 Å². The molecule has 2 aromatic rings. The highest BCUT2D eigenvalue weighted by Gasteiger charge is 2.21. The molecular formula is C17H13ClF3NO4. The number of ether oxygens (including phenoxy) is 2. The minimum Gasteiger partial charge on any atom is -0.482 e. The zero-order valence-corrected chi connectivity index (χ0v) is 14.1. The Morgan fingerprint density at radius 1 is 1.15 bits per heavy atom. The lowest BCUT2D eigenvalue weighted by Crippen LogP contribution is -2.32. The second kappa shape index (κ2) is 8.57. The van der Waals surface area contributed by atoms with E-state index in [1.165, 1.54) is 13.0 Å². The number of rotatable bonds is 6. The number of halogens is 4. The molecule has 0 saturated heterocycles. The van der Waals surface area contributed by atoms with Crippen LogP contribution in [0.4, 0.5) is 18.9 Å². The van der Waals surface area contributed by atoms with Gasteiger partial charge in [0.2, 0.25) is 0 Å². The minimum absolute atomic E-state index is 0.329. The van der Waals surface area contributed by atoms with Crippen LogP contribution in [-0.2, 0) is 14.3 Å². The van der Waals surface area contributed by atoms with Crippen molar-refractivity contribution in [2.45, 2.75) is 13.0 Å². The van der Waals surface area contributed by atoms with Gasteiger partial charge >= 0.3 is 5.97 Å². The van der Waals surface area contributed by atoms with E-state index in [1.807, 2.05) is 5.32 Å². The maximum atomic E-state index is 13.5. The van der Waals surface area contributed by atoms with E-state index < -0.39 is 47.7 Å². The zero-order chi connectivity index (χ0) is 19.3. The van der Waals surface area contributed by atoms with E-state index >= 15 is 0 Å². The van der Waals surface area contributed by atoms with Gasteiger partial charge in [-0.25, -0.2) is 18.0 Å². The lowest BCUT2D eigenvalue weighted by Gasteiger charge is -2.14. The topological polar surface area (TPSA) is 64.6 Å². The summed E-state index contributed by atoms with van der Waals surface area (Å²) in [7, 11) is 0. The Hall–Kier alpha value is -2.74. The number of benzene rings is 2. The Morgan fingerprint density at radius 2 is 1.88 bits per heavy atom. The van der Waals surface area contributed by atoms with Crippen LogP contribution in [0.2, 0.25) is 5.02 Å². The molecule has 2 aromatic carbocycles. The first-order valence-corrected chi connectivity index (χ1v) is 7.68. The van der Waals surface area contributed by atoms with Crippen LogP contribution in [0, 0.1) is 17.5 Å². The molecule has 0 aliphatic rings. The third kappa shape index (κ3) is 5.13. The Bertz CT molecular complexity index is 832. The summed E-state index contributed by atoms with van der Waals surface area (Å²) in [4.78, 5) is 23.6. The predicted octanol–water partition coefficient (Wildman–Crippen LogP) is 3.71. The van der Waals surface area contributed by atoms with Crippen LogP contribution in [-0.4, -0.2) is 24.6 Å². The van der Waals surface area contributed by atoms with Crippen LogP contribution in [0.5, 0.6) is 5.75 Å². The van der Waals surface area contributed by atoms with E-state index in [0.717, 1.165) is 6.07 Å². The monoisotopic (exact) mass is 387 g/mol. The molecule has 138 valence electrons. The number of hydrogen-bond acceptors (Lipinski definition) is 4. The molecule has 0 radical (unpaired) electrons. The predicted molar refractivity (Wildman–Crippen MR) is 87.4 cm³/mol. The highest BCUT2D eigenvalue weighted by Crippen LogP contribution is 2.20. The highest BCUT2D eigenvalue weighted by atomic mass is 35.5.